The highest BCUT2D eigenvalue weighted by molar-refractivity contribution is 5.92. The Bertz CT molecular complexity index is 681. The summed E-state index contributed by atoms with van der Waals surface area (Å²) in [5, 5.41) is 6.70. The van der Waals surface area contributed by atoms with Crippen molar-refractivity contribution in [3.05, 3.63) is 60.2 Å². The van der Waals surface area contributed by atoms with E-state index in [1.807, 2.05) is 30.3 Å². The molecular weight excluding hydrogens is 312 g/mol. The van der Waals surface area contributed by atoms with Crippen molar-refractivity contribution < 1.29 is 4.74 Å². The average Bonchev–Trinajstić information content (AvgIpc) is 2.61. The average molecular weight is 340 g/mol. The normalized spacial score (nSPS) is 13.4. The Balaban J connectivity index is 1.91. The van der Waals surface area contributed by atoms with E-state index in [9.17, 15) is 0 Å². The van der Waals surface area contributed by atoms with E-state index in [0.29, 0.717) is 12.5 Å². The molecule has 0 aromatic heterocycles. The summed E-state index contributed by atoms with van der Waals surface area (Å²) in [4.78, 5) is 4.47. The first-order valence-electron chi connectivity index (χ1n) is 8.43. The lowest BCUT2D eigenvalue weighted by Gasteiger charge is -2.29. The van der Waals surface area contributed by atoms with Crippen LogP contribution in [0.3, 0.4) is 0 Å². The molecule has 0 heterocycles. The molecule has 0 saturated carbocycles. The zero-order valence-electron chi connectivity index (χ0n) is 15.4. The van der Waals surface area contributed by atoms with Crippen LogP contribution in [-0.4, -0.2) is 25.2 Å². The Morgan fingerprint density at radius 1 is 1.12 bits per heavy atom. The molecule has 0 amide bonds. The predicted octanol–water partition coefficient (Wildman–Crippen LogP) is 3.55. The molecule has 0 bridgehead atoms. The highest BCUT2D eigenvalue weighted by Gasteiger charge is 2.20. The van der Waals surface area contributed by atoms with Gasteiger partial charge in [-0.3, -0.25) is 4.99 Å². The van der Waals surface area contributed by atoms with Gasteiger partial charge in [-0.05, 0) is 50.6 Å². The minimum absolute atomic E-state index is 0.179. The van der Waals surface area contributed by atoms with E-state index in [0.717, 1.165) is 11.4 Å². The fraction of sp³-hybridized carbons (Fsp3) is 0.350. The van der Waals surface area contributed by atoms with Crippen LogP contribution in [0.1, 0.15) is 32.4 Å². The molecule has 0 aliphatic heterocycles. The predicted molar refractivity (Wildman–Crippen MR) is 105 cm³/mol. The number of nitrogens with two attached hydrogens (primary N) is 1. The van der Waals surface area contributed by atoms with Crippen LogP contribution in [0.25, 0.3) is 0 Å². The van der Waals surface area contributed by atoms with E-state index in [2.05, 4.69) is 60.7 Å². The number of benzene rings is 2. The highest BCUT2D eigenvalue weighted by Crippen LogP contribution is 2.17. The monoisotopic (exact) mass is 340 g/mol. The van der Waals surface area contributed by atoms with Gasteiger partial charge in [-0.2, -0.15) is 0 Å². The van der Waals surface area contributed by atoms with Gasteiger partial charge in [0, 0.05) is 17.3 Å². The number of guanidine groups is 1. The number of nitrogens with one attached hydrogen (secondary N) is 2. The van der Waals surface area contributed by atoms with E-state index in [4.69, 9.17) is 10.5 Å². The molecule has 5 nitrogen and oxygen atoms in total. The van der Waals surface area contributed by atoms with E-state index in [-0.39, 0.29) is 11.6 Å². The number of anilines is 1. The SMILES string of the molecule is COc1ccc(NC(N)=NCC(C)(C)NC(C)c2ccccc2)cc1. The van der Waals surface area contributed by atoms with Crippen molar-refractivity contribution in [2.75, 3.05) is 19.0 Å². The topological polar surface area (TPSA) is 71.7 Å². The van der Waals surface area contributed by atoms with Crippen molar-refractivity contribution >= 4 is 11.6 Å². The summed E-state index contributed by atoms with van der Waals surface area (Å²) in [7, 11) is 1.64. The third-order valence-corrected chi connectivity index (χ3v) is 3.91. The lowest BCUT2D eigenvalue weighted by molar-refractivity contribution is 0.357. The maximum Gasteiger partial charge on any atom is 0.193 e. The summed E-state index contributed by atoms with van der Waals surface area (Å²) in [6.45, 7) is 6.96. The van der Waals surface area contributed by atoms with Crippen LogP contribution in [0.15, 0.2) is 59.6 Å². The lowest BCUT2D eigenvalue weighted by atomic mass is 10.0. The fourth-order valence-corrected chi connectivity index (χ4v) is 2.60. The molecule has 0 spiro atoms. The summed E-state index contributed by atoms with van der Waals surface area (Å²) in [6, 6.07) is 18.2. The second-order valence-electron chi connectivity index (χ2n) is 6.72. The second-order valence-corrected chi connectivity index (χ2v) is 6.72. The minimum atomic E-state index is -0.179. The number of hydrogen-bond acceptors (Lipinski definition) is 3. The van der Waals surface area contributed by atoms with Gasteiger partial charge >= 0.3 is 0 Å². The van der Waals surface area contributed by atoms with Crippen molar-refractivity contribution in [1.29, 1.82) is 0 Å². The van der Waals surface area contributed by atoms with Gasteiger partial charge in [-0.1, -0.05) is 30.3 Å². The van der Waals surface area contributed by atoms with Gasteiger partial charge in [0.05, 0.1) is 13.7 Å². The Kier molecular flexibility index (Phi) is 6.42. The largest absolute Gasteiger partial charge is 0.497 e. The molecule has 4 N–H and O–H groups in total. The first kappa shape index (κ1) is 18.8. The first-order valence-corrected chi connectivity index (χ1v) is 8.43. The maximum atomic E-state index is 6.01. The van der Waals surface area contributed by atoms with Crippen LogP contribution in [0.5, 0.6) is 5.75 Å². The van der Waals surface area contributed by atoms with Gasteiger partial charge in [0.15, 0.2) is 5.96 Å². The van der Waals surface area contributed by atoms with Crippen molar-refractivity contribution in [1.82, 2.24) is 5.32 Å². The van der Waals surface area contributed by atoms with Crippen LogP contribution in [0.4, 0.5) is 5.69 Å². The maximum absolute atomic E-state index is 6.01. The summed E-state index contributed by atoms with van der Waals surface area (Å²) in [5.74, 6) is 1.20. The molecule has 0 aliphatic rings. The molecule has 5 heteroatoms. The molecule has 0 radical (unpaired) electrons. The van der Waals surface area contributed by atoms with Crippen LogP contribution < -0.4 is 21.1 Å². The van der Waals surface area contributed by atoms with Crippen molar-refractivity contribution in [3.63, 3.8) is 0 Å². The smallest absolute Gasteiger partial charge is 0.193 e. The standard InChI is InChI=1S/C20H28N4O/c1-15(16-8-6-5-7-9-16)24-20(2,3)14-22-19(21)23-17-10-12-18(25-4)13-11-17/h5-13,15,24H,14H2,1-4H3,(H3,21,22,23). The molecule has 0 fully saturated rings. The Morgan fingerprint density at radius 2 is 1.76 bits per heavy atom. The van der Waals surface area contributed by atoms with Crippen molar-refractivity contribution in [2.45, 2.75) is 32.4 Å². The quantitative estimate of drug-likeness (QED) is 0.532. The first-order chi connectivity index (χ1) is 11.9. The van der Waals surface area contributed by atoms with E-state index >= 15 is 0 Å². The lowest BCUT2D eigenvalue weighted by Crippen LogP contribution is -2.44. The van der Waals surface area contributed by atoms with Crippen LogP contribution in [0, 0.1) is 0 Å². The number of aliphatic imine (C=N–C) groups is 1. The molecule has 0 aliphatic carbocycles. The number of methoxy groups -OCH3 is 1. The van der Waals surface area contributed by atoms with Gasteiger partial charge in [0.2, 0.25) is 0 Å². The van der Waals surface area contributed by atoms with Gasteiger partial charge in [0.1, 0.15) is 5.75 Å². The van der Waals surface area contributed by atoms with Crippen LogP contribution in [-0.2, 0) is 0 Å². The van der Waals surface area contributed by atoms with Crippen molar-refractivity contribution in [2.24, 2.45) is 10.7 Å². The third kappa shape index (κ3) is 6.12. The molecule has 2 aromatic carbocycles. The summed E-state index contributed by atoms with van der Waals surface area (Å²) in [6.07, 6.45) is 0. The Hall–Kier alpha value is -2.53. The van der Waals surface area contributed by atoms with E-state index in [1.54, 1.807) is 7.11 Å². The Morgan fingerprint density at radius 3 is 2.36 bits per heavy atom. The summed E-state index contributed by atoms with van der Waals surface area (Å²) >= 11 is 0. The zero-order valence-corrected chi connectivity index (χ0v) is 15.4. The number of nitrogens with zero attached hydrogens (tertiary/aromatic N) is 1. The van der Waals surface area contributed by atoms with Crippen LogP contribution in [0.2, 0.25) is 0 Å². The highest BCUT2D eigenvalue weighted by atomic mass is 16.5. The zero-order chi connectivity index (χ0) is 18.3. The summed E-state index contributed by atoms with van der Waals surface area (Å²) in [5.41, 5.74) is 7.96. The Labute approximate surface area is 150 Å². The van der Waals surface area contributed by atoms with E-state index < -0.39 is 0 Å². The van der Waals surface area contributed by atoms with E-state index in [1.165, 1.54) is 5.56 Å². The minimum Gasteiger partial charge on any atom is -0.497 e. The van der Waals surface area contributed by atoms with Crippen LogP contribution >= 0.6 is 0 Å². The number of rotatable bonds is 7. The van der Waals surface area contributed by atoms with Gasteiger partial charge in [0.25, 0.3) is 0 Å². The number of ether oxygens (including phenoxy) is 1. The molecule has 1 atom stereocenters. The van der Waals surface area contributed by atoms with Gasteiger partial charge in [-0.25, -0.2) is 0 Å². The van der Waals surface area contributed by atoms with Gasteiger partial charge in [-0.15, -0.1) is 0 Å². The van der Waals surface area contributed by atoms with Crippen molar-refractivity contribution in [3.8, 4) is 5.75 Å². The molecule has 2 rings (SSSR count). The number of hydrogen-bond donors (Lipinski definition) is 3. The fourth-order valence-electron chi connectivity index (χ4n) is 2.60. The molecule has 1 unspecified atom stereocenters. The third-order valence-electron chi connectivity index (χ3n) is 3.91. The molecule has 0 saturated heterocycles. The summed E-state index contributed by atoms with van der Waals surface area (Å²) < 4.78 is 5.14. The van der Waals surface area contributed by atoms with Gasteiger partial charge < -0.3 is 21.1 Å². The molecule has 134 valence electrons. The second kappa shape index (κ2) is 8.53. The molecular formula is C20H28N4O. The molecule has 2 aromatic rings. The molecule has 25 heavy (non-hydrogen) atoms.